The van der Waals surface area contributed by atoms with Crippen LogP contribution in [0.2, 0.25) is 0 Å². The van der Waals surface area contributed by atoms with Crippen LogP contribution >= 0.6 is 0 Å². The first-order valence-corrected chi connectivity index (χ1v) is 2.31. The zero-order chi connectivity index (χ0) is 5.41. The van der Waals surface area contributed by atoms with Crippen molar-refractivity contribution in [3.8, 4) is 0 Å². The summed E-state index contributed by atoms with van der Waals surface area (Å²) in [5.41, 5.74) is 0. The minimum Gasteiger partial charge on any atom is -0.335 e. The van der Waals surface area contributed by atoms with Gasteiger partial charge in [0.2, 0.25) is 0 Å². The maximum Gasteiger partial charge on any atom is 3.00 e. The molecule has 1 heteroatoms. The van der Waals surface area contributed by atoms with Gasteiger partial charge in [-0.15, -0.1) is 0 Å². The zero-order valence-corrected chi connectivity index (χ0v) is 6.61. The van der Waals surface area contributed by atoms with E-state index in [4.69, 9.17) is 0 Å². The Labute approximate surface area is 58.2 Å². The van der Waals surface area contributed by atoms with Crippen LogP contribution < -0.4 is 0 Å². The fourth-order valence-corrected chi connectivity index (χ4v) is 0. The minimum atomic E-state index is 0. The Morgan fingerprint density at radius 2 is 0.714 bits per heavy atom. The van der Waals surface area contributed by atoms with E-state index in [-0.39, 0.29) is 17.1 Å². The van der Waals surface area contributed by atoms with Gasteiger partial charge < -0.3 is 12.8 Å². The van der Waals surface area contributed by atoms with Crippen molar-refractivity contribution in [3.05, 3.63) is 12.8 Å². The van der Waals surface area contributed by atoms with Crippen molar-refractivity contribution in [2.45, 2.75) is 27.7 Å². The van der Waals surface area contributed by atoms with E-state index in [0.717, 1.165) is 0 Å². The minimum absolute atomic E-state index is 0. The molecule has 0 saturated carbocycles. The molecule has 0 aliphatic rings. The van der Waals surface area contributed by atoms with Gasteiger partial charge in [-0.1, -0.05) is 0 Å². The molecule has 0 nitrogen and oxygen atoms in total. The predicted molar refractivity (Wildman–Crippen MR) is 31.3 cm³/mol. The zero-order valence-electron chi connectivity index (χ0n) is 5.51. The molecular formula is C6H14Fe+. The van der Waals surface area contributed by atoms with Gasteiger partial charge >= 0.3 is 17.1 Å². The Bertz CT molecular complexity index is 6.14. The van der Waals surface area contributed by atoms with Gasteiger partial charge in [-0.25, -0.2) is 0 Å². The van der Waals surface area contributed by atoms with Crippen LogP contribution in [0.4, 0.5) is 0 Å². The summed E-state index contributed by atoms with van der Waals surface area (Å²) >= 11 is 0. The third-order valence-corrected chi connectivity index (χ3v) is 0. The Kier molecular flexibility index (Phi) is 69.9. The van der Waals surface area contributed by atoms with Crippen molar-refractivity contribution in [2.75, 3.05) is 0 Å². The van der Waals surface area contributed by atoms with Crippen molar-refractivity contribution in [1.29, 1.82) is 0 Å². The summed E-state index contributed by atoms with van der Waals surface area (Å²) in [5, 5.41) is 0. The van der Waals surface area contributed by atoms with Crippen molar-refractivity contribution >= 4 is 0 Å². The molecule has 0 aromatic rings. The largest absolute Gasteiger partial charge is 3.00 e. The van der Waals surface area contributed by atoms with Gasteiger partial charge in [-0.2, -0.15) is 27.7 Å². The monoisotopic (exact) mass is 142 g/mol. The van der Waals surface area contributed by atoms with E-state index >= 15 is 0 Å². The molecule has 0 N–H and O–H groups in total. The molecule has 0 aromatic carbocycles. The molecule has 0 rings (SSSR count). The quantitative estimate of drug-likeness (QED) is 0.360. The van der Waals surface area contributed by atoms with Gasteiger partial charge in [-0.3, -0.25) is 0 Å². The van der Waals surface area contributed by atoms with Crippen molar-refractivity contribution in [2.24, 2.45) is 0 Å². The molecule has 0 fully saturated rings. The van der Waals surface area contributed by atoms with E-state index in [1.807, 2.05) is 40.5 Å². The molecule has 0 saturated heterocycles. The van der Waals surface area contributed by atoms with E-state index in [2.05, 4.69) is 0 Å². The fraction of sp³-hybridized carbons (Fsp3) is 0.667. The molecule has 7 heavy (non-hydrogen) atoms. The average Bonchev–Trinajstić information content (AvgIpc) is 1.39. The van der Waals surface area contributed by atoms with Crippen LogP contribution in [0.1, 0.15) is 27.7 Å². The summed E-state index contributed by atoms with van der Waals surface area (Å²) < 4.78 is 0. The van der Waals surface area contributed by atoms with Crippen LogP contribution in [-0.2, 0) is 17.1 Å². The first-order chi connectivity index (χ1) is 2.83. The summed E-state index contributed by atoms with van der Waals surface area (Å²) in [7, 11) is 0. The van der Waals surface area contributed by atoms with Crippen LogP contribution in [0.25, 0.3) is 0 Å². The summed E-state index contributed by atoms with van der Waals surface area (Å²) in [4.78, 5) is 0. The first-order valence-electron chi connectivity index (χ1n) is 2.31. The second-order valence-corrected chi connectivity index (χ2v) is 1.15. The van der Waals surface area contributed by atoms with Crippen molar-refractivity contribution < 1.29 is 17.1 Å². The average molecular weight is 142 g/mol. The standard InChI is InChI=1S/2C3H7.Fe/c2*1-3-2;/h2*3H,1-2H3;/q2*-1;+3. The molecule has 0 spiro atoms. The van der Waals surface area contributed by atoms with Crippen molar-refractivity contribution in [1.82, 2.24) is 0 Å². The summed E-state index contributed by atoms with van der Waals surface area (Å²) in [5.74, 6) is 0. The summed E-state index contributed by atoms with van der Waals surface area (Å²) in [6.45, 7) is 8.00. The second kappa shape index (κ2) is 31.3. The van der Waals surface area contributed by atoms with E-state index in [0.29, 0.717) is 0 Å². The Hall–Kier alpha value is 0.519. The molecule has 0 unspecified atom stereocenters. The third kappa shape index (κ3) is 493. The van der Waals surface area contributed by atoms with Crippen LogP contribution in [0.15, 0.2) is 0 Å². The number of hydrogen-bond donors (Lipinski definition) is 0. The van der Waals surface area contributed by atoms with Gasteiger partial charge in [0.1, 0.15) is 0 Å². The van der Waals surface area contributed by atoms with Crippen LogP contribution in [0.3, 0.4) is 0 Å². The molecule has 0 amide bonds. The predicted octanol–water partition coefficient (Wildman–Crippen LogP) is 2.46. The third-order valence-electron chi connectivity index (χ3n) is 0. The maximum absolute atomic E-state index is 2.00. The van der Waals surface area contributed by atoms with Gasteiger partial charge in [0, 0.05) is 0 Å². The SMILES string of the molecule is C[CH-]C.C[CH-]C.[Fe+3]. The normalized spacial score (nSPS) is 5.14. The van der Waals surface area contributed by atoms with E-state index in [1.54, 1.807) is 0 Å². The number of hydrogen-bond acceptors (Lipinski definition) is 0. The molecular weight excluding hydrogens is 128 g/mol. The van der Waals surface area contributed by atoms with E-state index in [1.165, 1.54) is 0 Å². The van der Waals surface area contributed by atoms with Crippen molar-refractivity contribution in [3.63, 3.8) is 0 Å². The molecule has 0 heterocycles. The smallest absolute Gasteiger partial charge is 0.335 e. The number of rotatable bonds is 0. The molecule has 0 atom stereocenters. The van der Waals surface area contributed by atoms with Crippen LogP contribution in [-0.4, -0.2) is 0 Å². The maximum atomic E-state index is 2.00. The summed E-state index contributed by atoms with van der Waals surface area (Å²) in [6, 6.07) is 0. The Balaban J connectivity index is -0.0000000400. The molecule has 0 aromatic heterocycles. The van der Waals surface area contributed by atoms with Gasteiger partial charge in [0.25, 0.3) is 0 Å². The van der Waals surface area contributed by atoms with Gasteiger partial charge in [0.15, 0.2) is 0 Å². The van der Waals surface area contributed by atoms with Gasteiger partial charge in [0.05, 0.1) is 0 Å². The Morgan fingerprint density at radius 3 is 0.714 bits per heavy atom. The Morgan fingerprint density at radius 1 is 0.714 bits per heavy atom. The molecule has 0 bridgehead atoms. The molecule has 0 aliphatic heterocycles. The topological polar surface area (TPSA) is 0 Å². The molecule has 0 aliphatic carbocycles. The summed E-state index contributed by atoms with van der Waals surface area (Å²) in [6.07, 6.45) is 4.00. The fourth-order valence-electron chi connectivity index (χ4n) is 0. The van der Waals surface area contributed by atoms with Crippen LogP contribution in [0.5, 0.6) is 0 Å². The van der Waals surface area contributed by atoms with Gasteiger partial charge in [-0.05, 0) is 0 Å². The van der Waals surface area contributed by atoms with Crippen LogP contribution in [0, 0.1) is 12.8 Å². The second-order valence-electron chi connectivity index (χ2n) is 1.15. The first kappa shape index (κ1) is 15.6. The molecule has 45 valence electrons. The molecule has 1 radical (unpaired) electrons. The van der Waals surface area contributed by atoms with E-state index < -0.39 is 0 Å². The van der Waals surface area contributed by atoms with E-state index in [9.17, 15) is 0 Å².